The molecular formula is C17H20F3N3OS. The Kier molecular flexibility index (Phi) is 6.16. The van der Waals surface area contributed by atoms with E-state index in [2.05, 4.69) is 35.4 Å². The monoisotopic (exact) mass is 371 g/mol. The van der Waals surface area contributed by atoms with Crippen molar-refractivity contribution in [3.63, 3.8) is 0 Å². The van der Waals surface area contributed by atoms with Crippen LogP contribution >= 0.6 is 11.8 Å². The summed E-state index contributed by atoms with van der Waals surface area (Å²) in [6, 6.07) is 5.93. The zero-order valence-electron chi connectivity index (χ0n) is 14.3. The Balaban J connectivity index is 2.46. The number of halogens is 3. The van der Waals surface area contributed by atoms with Gasteiger partial charge in [-0.1, -0.05) is 49.9 Å². The molecule has 1 aromatic heterocycles. The van der Waals surface area contributed by atoms with Gasteiger partial charge in [0, 0.05) is 12.3 Å². The summed E-state index contributed by atoms with van der Waals surface area (Å²) >= 11 is 1.52. The Hall–Kier alpha value is -1.96. The van der Waals surface area contributed by atoms with Gasteiger partial charge in [0.2, 0.25) is 0 Å². The summed E-state index contributed by atoms with van der Waals surface area (Å²) in [6.45, 7) is 10.3. The lowest BCUT2D eigenvalue weighted by molar-refractivity contribution is -0.274. The molecule has 0 unspecified atom stereocenters. The summed E-state index contributed by atoms with van der Waals surface area (Å²) in [6.07, 6.45) is -4.77. The summed E-state index contributed by atoms with van der Waals surface area (Å²) in [5.41, 5.74) is 1.09. The molecule has 0 bridgehead atoms. The first-order chi connectivity index (χ1) is 11.7. The number of thioether (sulfide) groups is 1. The maximum Gasteiger partial charge on any atom is 0.573 e. The molecule has 0 N–H and O–H groups in total. The van der Waals surface area contributed by atoms with Crippen LogP contribution in [0.3, 0.4) is 0 Å². The predicted octanol–water partition coefficient (Wildman–Crippen LogP) is 5.17. The molecule has 1 heterocycles. The van der Waals surface area contributed by atoms with Gasteiger partial charge in [-0.3, -0.25) is 4.57 Å². The molecule has 2 rings (SSSR count). The maximum atomic E-state index is 12.7. The van der Waals surface area contributed by atoms with Crippen LogP contribution < -0.4 is 4.74 Å². The highest BCUT2D eigenvalue weighted by atomic mass is 32.2. The average Bonchev–Trinajstić information content (AvgIpc) is 2.86. The minimum absolute atomic E-state index is 0.241. The first-order valence-electron chi connectivity index (χ1n) is 7.73. The summed E-state index contributed by atoms with van der Waals surface area (Å²) in [7, 11) is 0. The largest absolute Gasteiger partial charge is 0.573 e. The first-order valence-corrected chi connectivity index (χ1v) is 8.71. The number of hydrogen-bond acceptors (Lipinski definition) is 4. The van der Waals surface area contributed by atoms with Crippen LogP contribution in [-0.2, 0) is 6.54 Å². The quantitative estimate of drug-likeness (QED) is 0.497. The molecule has 0 aliphatic carbocycles. The molecule has 0 aliphatic heterocycles. The average molecular weight is 371 g/mol. The van der Waals surface area contributed by atoms with E-state index in [0.29, 0.717) is 23.4 Å². The molecule has 0 spiro atoms. The van der Waals surface area contributed by atoms with Gasteiger partial charge in [-0.25, -0.2) is 0 Å². The molecule has 1 aromatic carbocycles. The van der Waals surface area contributed by atoms with Gasteiger partial charge in [0.25, 0.3) is 0 Å². The summed E-state index contributed by atoms with van der Waals surface area (Å²) in [5, 5.41) is 8.91. The van der Waals surface area contributed by atoms with E-state index in [1.54, 1.807) is 10.6 Å². The fourth-order valence-corrected chi connectivity index (χ4v) is 3.00. The summed E-state index contributed by atoms with van der Waals surface area (Å²) in [4.78, 5) is 0. The van der Waals surface area contributed by atoms with Gasteiger partial charge in [0.05, 0.1) is 5.56 Å². The molecule has 0 radical (unpaired) electrons. The Morgan fingerprint density at radius 1 is 1.28 bits per heavy atom. The van der Waals surface area contributed by atoms with Crippen LogP contribution in [0.1, 0.15) is 20.8 Å². The van der Waals surface area contributed by atoms with Crippen LogP contribution in [0, 0.1) is 5.92 Å². The fourth-order valence-electron chi connectivity index (χ4n) is 2.11. The second-order valence-electron chi connectivity index (χ2n) is 6.10. The maximum absolute atomic E-state index is 12.7. The van der Waals surface area contributed by atoms with Crippen LogP contribution in [0.5, 0.6) is 5.75 Å². The SMILES string of the molecule is C=C(C)Cn1c(SCC(C)C)nnc1-c1ccccc1OC(F)(F)F. The lowest BCUT2D eigenvalue weighted by Gasteiger charge is -2.15. The minimum atomic E-state index is -4.77. The molecule has 0 saturated carbocycles. The van der Waals surface area contributed by atoms with Gasteiger partial charge in [-0.2, -0.15) is 0 Å². The van der Waals surface area contributed by atoms with Crippen LogP contribution in [0.25, 0.3) is 11.4 Å². The molecule has 25 heavy (non-hydrogen) atoms. The van der Waals surface area contributed by atoms with E-state index in [4.69, 9.17) is 0 Å². The van der Waals surface area contributed by atoms with E-state index < -0.39 is 6.36 Å². The predicted molar refractivity (Wildman–Crippen MR) is 92.5 cm³/mol. The van der Waals surface area contributed by atoms with Gasteiger partial charge in [0.15, 0.2) is 11.0 Å². The van der Waals surface area contributed by atoms with Crippen molar-refractivity contribution in [1.82, 2.24) is 14.8 Å². The Morgan fingerprint density at radius 2 is 1.96 bits per heavy atom. The third-order valence-corrected chi connectivity index (χ3v) is 4.44. The molecule has 0 amide bonds. The van der Waals surface area contributed by atoms with Crippen molar-refractivity contribution in [1.29, 1.82) is 0 Å². The van der Waals surface area contributed by atoms with Crippen molar-refractivity contribution in [2.45, 2.75) is 38.8 Å². The number of ether oxygens (including phenoxy) is 1. The van der Waals surface area contributed by atoms with Gasteiger partial charge in [-0.05, 0) is 25.0 Å². The number of aromatic nitrogens is 3. The van der Waals surface area contributed by atoms with E-state index in [9.17, 15) is 13.2 Å². The first kappa shape index (κ1) is 19.4. The zero-order valence-corrected chi connectivity index (χ0v) is 15.1. The molecule has 8 heteroatoms. The fraction of sp³-hybridized carbons (Fsp3) is 0.412. The third-order valence-electron chi connectivity index (χ3n) is 3.04. The molecule has 2 aromatic rings. The van der Waals surface area contributed by atoms with Gasteiger partial charge in [0.1, 0.15) is 5.75 Å². The van der Waals surface area contributed by atoms with Gasteiger partial charge < -0.3 is 4.74 Å². The van der Waals surface area contributed by atoms with E-state index >= 15 is 0 Å². The zero-order chi connectivity index (χ0) is 18.6. The second kappa shape index (κ2) is 7.95. The Bertz CT molecular complexity index is 741. The Morgan fingerprint density at radius 3 is 2.56 bits per heavy atom. The van der Waals surface area contributed by atoms with E-state index in [1.807, 2.05) is 6.92 Å². The number of allylic oxidation sites excluding steroid dienone is 1. The number of nitrogens with zero attached hydrogens (tertiary/aromatic N) is 3. The van der Waals surface area contributed by atoms with Crippen molar-refractivity contribution in [2.24, 2.45) is 5.92 Å². The molecule has 0 saturated heterocycles. The summed E-state index contributed by atoms with van der Waals surface area (Å²) in [5.74, 6) is 1.30. The smallest absolute Gasteiger partial charge is 0.405 e. The second-order valence-corrected chi connectivity index (χ2v) is 7.09. The number of benzene rings is 1. The van der Waals surface area contributed by atoms with Crippen molar-refractivity contribution in [3.8, 4) is 17.1 Å². The highest BCUT2D eigenvalue weighted by molar-refractivity contribution is 7.99. The van der Waals surface area contributed by atoms with Gasteiger partial charge >= 0.3 is 6.36 Å². The molecule has 136 valence electrons. The molecule has 0 aliphatic rings. The number of alkyl halides is 3. The van der Waals surface area contributed by atoms with Crippen LogP contribution in [-0.4, -0.2) is 26.9 Å². The molecular weight excluding hydrogens is 351 g/mol. The van der Waals surface area contributed by atoms with Crippen LogP contribution in [0.15, 0.2) is 41.6 Å². The van der Waals surface area contributed by atoms with Crippen molar-refractivity contribution in [3.05, 3.63) is 36.4 Å². The summed E-state index contributed by atoms with van der Waals surface area (Å²) < 4.78 is 44.0. The van der Waals surface area contributed by atoms with Crippen LogP contribution in [0.2, 0.25) is 0 Å². The lowest BCUT2D eigenvalue weighted by atomic mass is 10.2. The van der Waals surface area contributed by atoms with Gasteiger partial charge in [-0.15, -0.1) is 23.4 Å². The Labute approximate surface area is 149 Å². The topological polar surface area (TPSA) is 39.9 Å². The number of para-hydroxylation sites is 1. The molecule has 0 atom stereocenters. The highest BCUT2D eigenvalue weighted by Crippen LogP contribution is 2.34. The van der Waals surface area contributed by atoms with Crippen molar-refractivity contribution in [2.75, 3.05) is 5.75 Å². The minimum Gasteiger partial charge on any atom is -0.405 e. The van der Waals surface area contributed by atoms with E-state index in [1.165, 1.54) is 30.0 Å². The van der Waals surface area contributed by atoms with Crippen LogP contribution in [0.4, 0.5) is 13.2 Å². The molecule has 4 nitrogen and oxygen atoms in total. The highest BCUT2D eigenvalue weighted by Gasteiger charge is 2.33. The van der Waals surface area contributed by atoms with E-state index in [0.717, 1.165) is 11.3 Å². The van der Waals surface area contributed by atoms with Crippen molar-refractivity contribution >= 4 is 11.8 Å². The normalized spacial score (nSPS) is 11.8. The van der Waals surface area contributed by atoms with E-state index in [-0.39, 0.29) is 11.3 Å². The van der Waals surface area contributed by atoms with Crippen molar-refractivity contribution < 1.29 is 17.9 Å². The number of rotatable bonds is 7. The lowest BCUT2D eigenvalue weighted by Crippen LogP contribution is -2.18. The standard InChI is InChI=1S/C17H20F3N3OS/c1-11(2)9-23-15(21-22-16(23)25-10-12(3)4)13-7-5-6-8-14(13)24-17(18,19)20/h5-8,12H,1,9-10H2,2-4H3. The number of hydrogen-bond donors (Lipinski definition) is 0. The molecule has 0 fully saturated rings. The third kappa shape index (κ3) is 5.52.